The van der Waals surface area contributed by atoms with Gasteiger partial charge < -0.3 is 15.7 Å². The minimum Gasteiger partial charge on any atom is -0.480 e. The van der Waals surface area contributed by atoms with Gasteiger partial charge in [-0.2, -0.15) is 5.10 Å². The molecule has 1 atom stereocenters. The lowest BCUT2D eigenvalue weighted by molar-refractivity contribution is -0.139. The van der Waals surface area contributed by atoms with Crippen LogP contribution in [0.5, 0.6) is 0 Å². The van der Waals surface area contributed by atoms with E-state index < -0.39 is 18.0 Å². The molecule has 2 amide bonds. The maximum absolute atomic E-state index is 11.6. The van der Waals surface area contributed by atoms with Crippen molar-refractivity contribution >= 4 is 12.0 Å². The number of aryl methyl sites for hydroxylation is 1. The fraction of sp³-hybridized carbons (Fsp3) is 0.583. The predicted molar refractivity (Wildman–Crippen MR) is 69.6 cm³/mol. The van der Waals surface area contributed by atoms with Crippen LogP contribution in [0.1, 0.15) is 31.0 Å². The SMILES string of the molecule is CCC[C@H](NC(=O)NCc1cnn(C)c1C)C(=O)O. The highest BCUT2D eigenvalue weighted by atomic mass is 16.4. The summed E-state index contributed by atoms with van der Waals surface area (Å²) in [6.45, 7) is 4.09. The molecule has 3 N–H and O–H groups in total. The first-order valence-electron chi connectivity index (χ1n) is 6.20. The lowest BCUT2D eigenvalue weighted by Gasteiger charge is -2.14. The molecule has 1 heterocycles. The van der Waals surface area contributed by atoms with Gasteiger partial charge in [-0.1, -0.05) is 13.3 Å². The normalized spacial score (nSPS) is 11.9. The smallest absolute Gasteiger partial charge is 0.326 e. The molecule has 0 aliphatic heterocycles. The van der Waals surface area contributed by atoms with Crippen molar-refractivity contribution in [3.63, 3.8) is 0 Å². The standard InChI is InChI=1S/C12H20N4O3/c1-4-5-10(11(17)18)15-12(19)13-6-9-7-14-16(3)8(9)2/h7,10H,4-6H2,1-3H3,(H,17,18)(H2,13,15,19)/t10-/m0/s1. The highest BCUT2D eigenvalue weighted by Crippen LogP contribution is 2.04. The number of hydrogen-bond acceptors (Lipinski definition) is 3. The molecule has 0 spiro atoms. The molecule has 0 aliphatic rings. The van der Waals surface area contributed by atoms with Crippen molar-refractivity contribution in [3.8, 4) is 0 Å². The molecule has 0 radical (unpaired) electrons. The van der Waals surface area contributed by atoms with Crippen LogP contribution in [0.15, 0.2) is 6.20 Å². The summed E-state index contributed by atoms with van der Waals surface area (Å²) in [5, 5.41) is 18.1. The van der Waals surface area contributed by atoms with Crippen molar-refractivity contribution in [2.45, 2.75) is 39.3 Å². The third-order valence-corrected chi connectivity index (χ3v) is 2.96. The lowest BCUT2D eigenvalue weighted by atomic mass is 10.2. The second-order valence-electron chi connectivity index (χ2n) is 4.39. The van der Waals surface area contributed by atoms with Crippen LogP contribution in [0, 0.1) is 6.92 Å². The number of carbonyl (C=O) groups is 2. The molecular weight excluding hydrogens is 248 g/mol. The van der Waals surface area contributed by atoms with Crippen LogP contribution in [0.3, 0.4) is 0 Å². The lowest BCUT2D eigenvalue weighted by Crippen LogP contribution is -2.45. The molecule has 1 aromatic rings. The zero-order valence-corrected chi connectivity index (χ0v) is 11.4. The Hall–Kier alpha value is -2.05. The molecule has 7 heteroatoms. The number of carboxylic acids is 1. The summed E-state index contributed by atoms with van der Waals surface area (Å²) >= 11 is 0. The summed E-state index contributed by atoms with van der Waals surface area (Å²) in [6, 6.07) is -1.33. The van der Waals surface area contributed by atoms with Crippen molar-refractivity contribution < 1.29 is 14.7 Å². The Bertz CT molecular complexity index is 456. The number of amides is 2. The third kappa shape index (κ3) is 4.27. The number of aliphatic carboxylic acids is 1. The van der Waals surface area contributed by atoms with Crippen LogP contribution in [0.4, 0.5) is 4.79 Å². The molecule has 1 aromatic heterocycles. The van der Waals surface area contributed by atoms with Gasteiger partial charge in [0.05, 0.1) is 6.20 Å². The molecule has 0 aliphatic carbocycles. The summed E-state index contributed by atoms with van der Waals surface area (Å²) < 4.78 is 1.71. The first kappa shape index (κ1) is 15.0. The van der Waals surface area contributed by atoms with Crippen LogP contribution in [0.2, 0.25) is 0 Å². The van der Waals surface area contributed by atoms with Gasteiger partial charge in [-0.15, -0.1) is 0 Å². The molecule has 0 saturated carbocycles. The minimum atomic E-state index is -1.02. The fourth-order valence-electron chi connectivity index (χ4n) is 1.65. The topological polar surface area (TPSA) is 96.3 Å². The molecule has 0 bridgehead atoms. The first-order valence-corrected chi connectivity index (χ1v) is 6.20. The largest absolute Gasteiger partial charge is 0.480 e. The average Bonchev–Trinajstić information content (AvgIpc) is 2.67. The number of aromatic nitrogens is 2. The van der Waals surface area contributed by atoms with E-state index in [1.165, 1.54) is 0 Å². The van der Waals surface area contributed by atoms with Crippen LogP contribution in [0.25, 0.3) is 0 Å². The zero-order chi connectivity index (χ0) is 14.4. The summed E-state index contributed by atoms with van der Waals surface area (Å²) in [4.78, 5) is 22.5. The quantitative estimate of drug-likeness (QED) is 0.710. The number of carboxylic acid groups (broad SMARTS) is 1. The Labute approximate surface area is 112 Å². The number of hydrogen-bond donors (Lipinski definition) is 3. The number of nitrogens with zero attached hydrogens (tertiary/aromatic N) is 2. The summed E-state index contributed by atoms with van der Waals surface area (Å²) in [6.07, 6.45) is 2.78. The van der Waals surface area contributed by atoms with Gasteiger partial charge in [0.15, 0.2) is 0 Å². The van der Waals surface area contributed by atoms with Crippen molar-refractivity contribution in [1.82, 2.24) is 20.4 Å². The van der Waals surface area contributed by atoms with Gasteiger partial charge in [-0.05, 0) is 13.3 Å². The van der Waals surface area contributed by atoms with Crippen molar-refractivity contribution in [2.75, 3.05) is 0 Å². The second-order valence-corrected chi connectivity index (χ2v) is 4.39. The number of carbonyl (C=O) groups excluding carboxylic acids is 1. The maximum Gasteiger partial charge on any atom is 0.326 e. The number of rotatable bonds is 6. The fourth-order valence-corrected chi connectivity index (χ4v) is 1.65. The highest BCUT2D eigenvalue weighted by Gasteiger charge is 2.18. The zero-order valence-electron chi connectivity index (χ0n) is 11.4. The van der Waals surface area contributed by atoms with Crippen LogP contribution < -0.4 is 10.6 Å². The maximum atomic E-state index is 11.6. The highest BCUT2D eigenvalue weighted by molar-refractivity contribution is 5.82. The van der Waals surface area contributed by atoms with Gasteiger partial charge in [0.2, 0.25) is 0 Å². The Morgan fingerprint density at radius 3 is 2.68 bits per heavy atom. The van der Waals surface area contributed by atoms with Gasteiger partial charge >= 0.3 is 12.0 Å². The monoisotopic (exact) mass is 268 g/mol. The molecule has 0 fully saturated rings. The van der Waals surface area contributed by atoms with Crippen molar-refractivity contribution in [2.24, 2.45) is 7.05 Å². The molecule has 19 heavy (non-hydrogen) atoms. The van der Waals surface area contributed by atoms with Gasteiger partial charge in [-0.25, -0.2) is 9.59 Å². The summed E-state index contributed by atoms with van der Waals surface area (Å²) in [5.74, 6) is -1.02. The van der Waals surface area contributed by atoms with E-state index in [4.69, 9.17) is 5.11 Å². The van der Waals surface area contributed by atoms with E-state index in [1.807, 2.05) is 20.9 Å². The van der Waals surface area contributed by atoms with Crippen molar-refractivity contribution in [3.05, 3.63) is 17.5 Å². The van der Waals surface area contributed by atoms with E-state index in [2.05, 4.69) is 15.7 Å². The summed E-state index contributed by atoms with van der Waals surface area (Å²) in [5.41, 5.74) is 1.86. The first-order chi connectivity index (χ1) is 8.95. The van der Waals surface area contributed by atoms with Crippen LogP contribution in [-0.4, -0.2) is 32.9 Å². The molecule has 0 unspecified atom stereocenters. The van der Waals surface area contributed by atoms with Crippen LogP contribution in [-0.2, 0) is 18.4 Å². The van der Waals surface area contributed by atoms with Crippen molar-refractivity contribution in [1.29, 1.82) is 0 Å². The second kappa shape index (κ2) is 6.77. The molecular formula is C12H20N4O3. The van der Waals surface area contributed by atoms with Gasteiger partial charge in [-0.3, -0.25) is 4.68 Å². The van der Waals surface area contributed by atoms with E-state index in [1.54, 1.807) is 10.9 Å². The number of urea groups is 1. The van der Waals surface area contributed by atoms with Gasteiger partial charge in [0.1, 0.15) is 6.04 Å². The van der Waals surface area contributed by atoms with Crippen LogP contribution >= 0.6 is 0 Å². The van der Waals surface area contributed by atoms with Gasteiger partial charge in [0, 0.05) is 24.8 Å². The van der Waals surface area contributed by atoms with E-state index in [0.717, 1.165) is 11.3 Å². The minimum absolute atomic E-state index is 0.323. The third-order valence-electron chi connectivity index (χ3n) is 2.96. The Kier molecular flexibility index (Phi) is 5.35. The van der Waals surface area contributed by atoms with Gasteiger partial charge in [0.25, 0.3) is 0 Å². The Morgan fingerprint density at radius 2 is 2.21 bits per heavy atom. The predicted octanol–water partition coefficient (Wildman–Crippen LogP) is 0.781. The molecule has 106 valence electrons. The Balaban J connectivity index is 2.47. The van der Waals surface area contributed by atoms with E-state index >= 15 is 0 Å². The molecule has 0 saturated heterocycles. The van der Waals surface area contributed by atoms with E-state index in [9.17, 15) is 9.59 Å². The van der Waals surface area contributed by atoms with E-state index in [0.29, 0.717) is 19.4 Å². The average molecular weight is 268 g/mol. The molecule has 1 rings (SSSR count). The number of nitrogens with one attached hydrogen (secondary N) is 2. The molecule has 7 nitrogen and oxygen atoms in total. The molecule has 0 aromatic carbocycles. The summed E-state index contributed by atoms with van der Waals surface area (Å²) in [7, 11) is 1.82. The van der Waals surface area contributed by atoms with E-state index in [-0.39, 0.29) is 0 Å². The Morgan fingerprint density at radius 1 is 1.53 bits per heavy atom.